The molecular formula is C40H44N6O9. The molecule has 4 aromatic carbocycles. The second-order valence-electron chi connectivity index (χ2n) is 13.2. The van der Waals surface area contributed by atoms with Crippen molar-refractivity contribution < 1.29 is 38.4 Å². The molecule has 1 heterocycles. The van der Waals surface area contributed by atoms with E-state index >= 15 is 0 Å². The number of fused-ring (bicyclic) bond motifs is 1. The van der Waals surface area contributed by atoms with Crippen LogP contribution in [0.15, 0.2) is 97.1 Å². The first-order chi connectivity index (χ1) is 26.6. The maximum atomic E-state index is 14.1. The summed E-state index contributed by atoms with van der Waals surface area (Å²) in [5.41, 5.74) is 8.33. The zero-order valence-electron chi connectivity index (χ0n) is 30.2. The molecule has 55 heavy (non-hydrogen) atoms. The third-order valence-electron chi connectivity index (χ3n) is 9.17. The maximum absolute atomic E-state index is 14.1. The second-order valence-corrected chi connectivity index (χ2v) is 13.2. The first-order valence-electron chi connectivity index (χ1n) is 18.0. The molecule has 0 bridgehead atoms. The van der Waals surface area contributed by atoms with Gasteiger partial charge in [-0.15, -0.1) is 0 Å². The van der Waals surface area contributed by atoms with E-state index in [4.69, 9.17) is 15.2 Å². The van der Waals surface area contributed by atoms with Gasteiger partial charge in [0.2, 0.25) is 17.7 Å². The van der Waals surface area contributed by atoms with E-state index in [1.165, 1.54) is 29.2 Å². The standard InChI is InChI=1S/C40H44N6O9/c41-33(12-6-20-42-40(51)55-26-27-8-2-1-3-9-27)37(48)44-34(23-29-14-17-30-10-4-5-11-31(30)22-29)39(50)45-21-7-13-35(45)38(49)43-24-36(47)54-25-28-15-18-32(19-16-28)46(52)53/h1-5,8-11,14-19,22,33-35H,6-7,12-13,20-21,23-26,41H2,(H,42,51)(H,43,49)(H,44,48)/t33-,34+,35+/m1/s1. The summed E-state index contributed by atoms with van der Waals surface area (Å²) in [5, 5.41) is 20.9. The number of rotatable bonds is 17. The highest BCUT2D eigenvalue weighted by Crippen LogP contribution is 2.22. The minimum atomic E-state index is -1.05. The molecule has 288 valence electrons. The first kappa shape index (κ1) is 39.8. The van der Waals surface area contributed by atoms with Crippen LogP contribution in [0.4, 0.5) is 10.5 Å². The molecule has 5 N–H and O–H groups in total. The fraction of sp³-hybridized carbons (Fsp3) is 0.325. The number of nitrogens with one attached hydrogen (secondary N) is 3. The van der Waals surface area contributed by atoms with Crippen LogP contribution in [-0.4, -0.2) is 77.4 Å². The lowest BCUT2D eigenvalue weighted by molar-refractivity contribution is -0.384. The minimum Gasteiger partial charge on any atom is -0.460 e. The Morgan fingerprint density at radius 3 is 2.25 bits per heavy atom. The van der Waals surface area contributed by atoms with Crippen molar-refractivity contribution in [3.63, 3.8) is 0 Å². The minimum absolute atomic E-state index is 0.0941. The van der Waals surface area contributed by atoms with Gasteiger partial charge in [0.05, 0.1) is 11.0 Å². The van der Waals surface area contributed by atoms with Crippen LogP contribution in [0.2, 0.25) is 0 Å². The predicted octanol–water partition coefficient (Wildman–Crippen LogP) is 3.66. The Morgan fingerprint density at radius 2 is 1.51 bits per heavy atom. The fourth-order valence-electron chi connectivity index (χ4n) is 6.21. The number of ether oxygens (including phenoxy) is 2. The molecule has 0 aromatic heterocycles. The summed E-state index contributed by atoms with van der Waals surface area (Å²) in [5.74, 6) is -2.28. The van der Waals surface area contributed by atoms with Crippen LogP contribution in [0.25, 0.3) is 10.8 Å². The molecule has 1 fully saturated rings. The number of amides is 4. The summed E-state index contributed by atoms with van der Waals surface area (Å²) in [6.07, 6.45) is 1.03. The van der Waals surface area contributed by atoms with E-state index in [0.717, 1.165) is 21.9 Å². The van der Waals surface area contributed by atoms with Crippen molar-refractivity contribution in [2.75, 3.05) is 19.6 Å². The van der Waals surface area contributed by atoms with Gasteiger partial charge in [-0.05, 0) is 65.3 Å². The van der Waals surface area contributed by atoms with Crippen molar-refractivity contribution in [1.82, 2.24) is 20.9 Å². The van der Waals surface area contributed by atoms with E-state index in [-0.39, 0.29) is 44.8 Å². The molecule has 1 aliphatic heterocycles. The van der Waals surface area contributed by atoms with Crippen molar-refractivity contribution in [3.8, 4) is 0 Å². The lowest BCUT2D eigenvalue weighted by Crippen LogP contribution is -2.56. The lowest BCUT2D eigenvalue weighted by Gasteiger charge is -2.29. The van der Waals surface area contributed by atoms with Crippen LogP contribution >= 0.6 is 0 Å². The molecule has 3 atom stereocenters. The van der Waals surface area contributed by atoms with Crippen molar-refractivity contribution >= 4 is 46.2 Å². The normalized spacial score (nSPS) is 14.7. The molecule has 15 nitrogen and oxygen atoms in total. The van der Waals surface area contributed by atoms with E-state index in [0.29, 0.717) is 24.8 Å². The van der Waals surface area contributed by atoms with Crippen LogP contribution in [-0.2, 0) is 48.3 Å². The van der Waals surface area contributed by atoms with Crippen molar-refractivity contribution in [3.05, 3.63) is 124 Å². The molecule has 4 aromatic rings. The SMILES string of the molecule is N[C@H](CCCNC(=O)OCc1ccccc1)C(=O)N[C@@H](Cc1ccc2ccccc2c1)C(=O)N1CCC[C@H]1C(=O)NCC(=O)OCc1ccc([N+](=O)[O-])cc1. The van der Waals surface area contributed by atoms with Gasteiger partial charge < -0.3 is 36.1 Å². The van der Waals surface area contributed by atoms with Crippen LogP contribution in [0.5, 0.6) is 0 Å². The topological polar surface area (TPSA) is 212 Å². The highest BCUT2D eigenvalue weighted by atomic mass is 16.6. The van der Waals surface area contributed by atoms with Crippen LogP contribution < -0.4 is 21.7 Å². The summed E-state index contributed by atoms with van der Waals surface area (Å²) >= 11 is 0. The number of alkyl carbamates (subject to hydrolysis) is 1. The average Bonchev–Trinajstić information content (AvgIpc) is 3.70. The number of nitro groups is 1. The molecule has 0 radical (unpaired) electrons. The van der Waals surface area contributed by atoms with Crippen molar-refractivity contribution in [1.29, 1.82) is 0 Å². The number of benzene rings is 4. The van der Waals surface area contributed by atoms with Crippen LogP contribution in [0, 0.1) is 10.1 Å². The number of esters is 1. The zero-order chi connectivity index (χ0) is 39.2. The van der Waals surface area contributed by atoms with Crippen LogP contribution in [0.1, 0.15) is 42.4 Å². The number of nitro benzene ring substituents is 1. The summed E-state index contributed by atoms with van der Waals surface area (Å²) in [6.45, 7) is 0.0270. The van der Waals surface area contributed by atoms with E-state index in [2.05, 4.69) is 16.0 Å². The summed E-state index contributed by atoms with van der Waals surface area (Å²) < 4.78 is 10.4. The summed E-state index contributed by atoms with van der Waals surface area (Å²) in [6, 6.07) is 25.4. The summed E-state index contributed by atoms with van der Waals surface area (Å²) in [4.78, 5) is 77.1. The highest BCUT2D eigenvalue weighted by Gasteiger charge is 2.38. The van der Waals surface area contributed by atoms with E-state index in [1.807, 2.05) is 72.8 Å². The summed E-state index contributed by atoms with van der Waals surface area (Å²) in [7, 11) is 0. The molecule has 1 aliphatic rings. The number of carbonyl (C=O) groups excluding carboxylic acids is 5. The number of carbonyl (C=O) groups is 5. The monoisotopic (exact) mass is 752 g/mol. The molecule has 15 heteroatoms. The predicted molar refractivity (Wildman–Crippen MR) is 202 cm³/mol. The molecule has 4 amide bonds. The lowest BCUT2D eigenvalue weighted by atomic mass is 10.00. The molecule has 0 saturated carbocycles. The van der Waals surface area contributed by atoms with Gasteiger partial charge in [0.25, 0.3) is 5.69 Å². The molecule has 0 unspecified atom stereocenters. The highest BCUT2D eigenvalue weighted by molar-refractivity contribution is 5.94. The van der Waals surface area contributed by atoms with Gasteiger partial charge in [0.15, 0.2) is 0 Å². The average molecular weight is 753 g/mol. The van der Waals surface area contributed by atoms with Crippen LogP contribution in [0.3, 0.4) is 0 Å². The molecule has 5 rings (SSSR count). The largest absolute Gasteiger partial charge is 0.460 e. The molecule has 0 spiro atoms. The molecular weight excluding hydrogens is 708 g/mol. The maximum Gasteiger partial charge on any atom is 0.407 e. The Hall–Kier alpha value is -6.35. The number of nitrogens with two attached hydrogens (primary N) is 1. The van der Waals surface area contributed by atoms with Gasteiger partial charge in [-0.3, -0.25) is 29.3 Å². The number of hydrogen-bond donors (Lipinski definition) is 4. The third kappa shape index (κ3) is 11.8. The third-order valence-corrected chi connectivity index (χ3v) is 9.17. The Balaban J connectivity index is 1.16. The van der Waals surface area contributed by atoms with Gasteiger partial charge in [-0.2, -0.15) is 0 Å². The number of nitrogens with zero attached hydrogens (tertiary/aromatic N) is 2. The van der Waals surface area contributed by atoms with Gasteiger partial charge >= 0.3 is 12.1 Å². The number of likely N-dealkylation sites (tertiary alicyclic amines) is 1. The molecule has 0 aliphatic carbocycles. The van der Waals surface area contributed by atoms with Gasteiger partial charge in [0, 0.05) is 31.6 Å². The number of non-ortho nitro benzene ring substituents is 1. The Bertz CT molecular complexity index is 1970. The fourth-order valence-corrected chi connectivity index (χ4v) is 6.21. The van der Waals surface area contributed by atoms with Gasteiger partial charge in [0.1, 0.15) is 31.8 Å². The van der Waals surface area contributed by atoms with E-state index in [1.54, 1.807) is 0 Å². The Kier molecular flexibility index (Phi) is 14.2. The smallest absolute Gasteiger partial charge is 0.407 e. The van der Waals surface area contributed by atoms with Crippen molar-refractivity contribution in [2.24, 2.45) is 5.73 Å². The van der Waals surface area contributed by atoms with Gasteiger partial charge in [-0.1, -0.05) is 72.8 Å². The number of hydrogen-bond acceptors (Lipinski definition) is 10. The first-order valence-corrected chi connectivity index (χ1v) is 18.0. The quantitative estimate of drug-likeness (QED) is 0.0532. The Labute approximate surface area is 317 Å². The zero-order valence-corrected chi connectivity index (χ0v) is 30.2. The Morgan fingerprint density at radius 1 is 0.836 bits per heavy atom. The van der Waals surface area contributed by atoms with E-state index in [9.17, 15) is 34.1 Å². The molecule has 1 saturated heterocycles. The van der Waals surface area contributed by atoms with E-state index < -0.39 is 59.4 Å². The van der Waals surface area contributed by atoms with Gasteiger partial charge in [-0.25, -0.2) is 4.79 Å². The van der Waals surface area contributed by atoms with Crippen molar-refractivity contribution in [2.45, 2.75) is 63.4 Å². The second kappa shape index (κ2) is 19.6.